The monoisotopic (exact) mass is 603 g/mol. The van der Waals surface area contributed by atoms with Gasteiger partial charge in [0.15, 0.2) is 0 Å². The molecule has 2 aliphatic heterocycles. The molecule has 2 heterocycles. The zero-order valence-corrected chi connectivity index (χ0v) is 24.6. The van der Waals surface area contributed by atoms with E-state index < -0.39 is 23.8 Å². The molecule has 2 fully saturated rings. The Morgan fingerprint density at radius 1 is 0.902 bits per heavy atom. The number of carboxylic acids is 1. The number of amides is 5. The van der Waals surface area contributed by atoms with Crippen LogP contribution in [0.5, 0.6) is 0 Å². The first-order valence-electron chi connectivity index (χ1n) is 14.2. The smallest absolute Gasteiger partial charge is 0.326 e. The van der Waals surface area contributed by atoms with Crippen molar-refractivity contribution in [2.24, 2.45) is 0 Å². The Kier molecular flexibility index (Phi) is 17.1. The van der Waals surface area contributed by atoms with Crippen molar-refractivity contribution in [2.45, 2.75) is 75.2 Å². The second kappa shape index (κ2) is 20.3. The van der Waals surface area contributed by atoms with Crippen LogP contribution in [0.3, 0.4) is 0 Å². The largest absolute Gasteiger partial charge is 0.480 e. The summed E-state index contributed by atoms with van der Waals surface area (Å²) >= 11 is 1.81. The first kappa shape index (κ1) is 34.6. The van der Waals surface area contributed by atoms with Gasteiger partial charge in [0.2, 0.25) is 17.7 Å². The van der Waals surface area contributed by atoms with E-state index in [9.17, 15) is 29.1 Å². The van der Waals surface area contributed by atoms with Gasteiger partial charge in [-0.3, -0.25) is 14.4 Å². The van der Waals surface area contributed by atoms with Gasteiger partial charge in [-0.05, 0) is 25.7 Å². The van der Waals surface area contributed by atoms with Crippen molar-refractivity contribution in [1.29, 1.82) is 0 Å². The molecule has 15 heteroatoms. The maximum atomic E-state index is 12.3. The third kappa shape index (κ3) is 15.3. The summed E-state index contributed by atoms with van der Waals surface area (Å²) in [4.78, 5) is 58.1. The van der Waals surface area contributed by atoms with E-state index in [0.29, 0.717) is 70.8 Å². The van der Waals surface area contributed by atoms with Crippen LogP contribution in [0.4, 0.5) is 4.79 Å². The van der Waals surface area contributed by atoms with Gasteiger partial charge in [-0.1, -0.05) is 6.42 Å². The van der Waals surface area contributed by atoms with Gasteiger partial charge in [-0.2, -0.15) is 11.8 Å². The van der Waals surface area contributed by atoms with Crippen LogP contribution in [0.2, 0.25) is 0 Å². The second-order valence-electron chi connectivity index (χ2n) is 9.91. The zero-order chi connectivity index (χ0) is 29.9. The molecule has 14 nitrogen and oxygen atoms in total. The molecule has 6 N–H and O–H groups in total. The van der Waals surface area contributed by atoms with Crippen molar-refractivity contribution >= 4 is 41.5 Å². The van der Waals surface area contributed by atoms with E-state index in [-0.39, 0.29) is 36.9 Å². The fourth-order valence-electron chi connectivity index (χ4n) is 4.38. The van der Waals surface area contributed by atoms with Crippen LogP contribution in [0, 0.1) is 0 Å². The highest BCUT2D eigenvalue weighted by molar-refractivity contribution is 8.00. The van der Waals surface area contributed by atoms with E-state index in [2.05, 4.69) is 26.6 Å². The number of urea groups is 1. The average molecular weight is 604 g/mol. The highest BCUT2D eigenvalue weighted by atomic mass is 32.2. The van der Waals surface area contributed by atoms with Gasteiger partial charge in [0.05, 0.1) is 44.9 Å². The topological polar surface area (TPSA) is 193 Å². The van der Waals surface area contributed by atoms with Crippen molar-refractivity contribution < 1.29 is 43.3 Å². The van der Waals surface area contributed by atoms with Crippen molar-refractivity contribution in [1.82, 2.24) is 26.6 Å². The Balaban J connectivity index is 1.42. The molecule has 0 saturated carbocycles. The molecule has 0 aliphatic carbocycles. The highest BCUT2D eigenvalue weighted by Gasteiger charge is 2.42. The predicted octanol–water partition coefficient (Wildman–Crippen LogP) is -0.246. The minimum atomic E-state index is -1.29. The van der Waals surface area contributed by atoms with Crippen LogP contribution in [0.15, 0.2) is 0 Å². The molecule has 4 atom stereocenters. The number of carbonyl (C=O) groups is 5. The van der Waals surface area contributed by atoms with Crippen LogP contribution >= 0.6 is 11.8 Å². The van der Waals surface area contributed by atoms with Crippen molar-refractivity contribution in [3.63, 3.8) is 0 Å². The number of carboxylic acid groups (broad SMARTS) is 1. The molecular weight excluding hydrogens is 558 g/mol. The molecule has 0 radical (unpaired) electrons. The summed E-state index contributed by atoms with van der Waals surface area (Å²) in [6, 6.07) is -1.14. The molecular formula is C26H45N5O9S. The molecule has 41 heavy (non-hydrogen) atoms. The Morgan fingerprint density at radius 3 is 2.17 bits per heavy atom. The first-order valence-corrected chi connectivity index (χ1v) is 15.3. The number of rotatable bonds is 23. The second-order valence-corrected chi connectivity index (χ2v) is 11.2. The summed E-state index contributed by atoms with van der Waals surface area (Å²) in [5.41, 5.74) is 0. The van der Waals surface area contributed by atoms with Crippen LogP contribution in [0.25, 0.3) is 0 Å². The number of hydrogen-bond acceptors (Lipinski definition) is 9. The fraction of sp³-hybridized carbons (Fsp3) is 0.808. The van der Waals surface area contributed by atoms with Crippen molar-refractivity contribution in [2.75, 3.05) is 58.5 Å². The summed E-state index contributed by atoms with van der Waals surface area (Å²) in [6.45, 7) is 5.06. The van der Waals surface area contributed by atoms with Crippen LogP contribution in [0.1, 0.15) is 51.9 Å². The number of aliphatic carboxylic acids is 1. The maximum absolute atomic E-state index is 12.3. The van der Waals surface area contributed by atoms with Crippen molar-refractivity contribution in [3.8, 4) is 0 Å². The zero-order valence-electron chi connectivity index (χ0n) is 23.7. The van der Waals surface area contributed by atoms with Gasteiger partial charge in [-0.15, -0.1) is 0 Å². The summed E-state index contributed by atoms with van der Waals surface area (Å²) in [6.07, 6.45) is 3.37. The molecule has 234 valence electrons. The number of ether oxygens (including phenoxy) is 3. The quantitative estimate of drug-likeness (QED) is 0.0670. The summed E-state index contributed by atoms with van der Waals surface area (Å²) < 4.78 is 16.2. The van der Waals surface area contributed by atoms with E-state index in [1.54, 1.807) is 0 Å². The lowest BCUT2D eigenvalue weighted by molar-refractivity contribution is -0.143. The number of hydrogen-bond donors (Lipinski definition) is 6. The van der Waals surface area contributed by atoms with Gasteiger partial charge in [0, 0.05) is 50.7 Å². The van der Waals surface area contributed by atoms with Crippen LogP contribution < -0.4 is 26.6 Å². The van der Waals surface area contributed by atoms with Gasteiger partial charge < -0.3 is 45.9 Å². The fourth-order valence-corrected chi connectivity index (χ4v) is 5.92. The standard InChI is InChI=1S/C26H45N5O9S/c1-18(32)27-8-4-10-38-12-14-40-15-13-39-11-5-9-28-23(34)16-19(25(35)36)29-22(33)7-3-2-6-21-24-20(17-41-21)30-26(37)31-24/h19-21,24H,2-17H2,1H3,(H,27,32)(H,28,34)(H,29,33)(H,35,36)(H2,30,31,37). The van der Waals surface area contributed by atoms with Gasteiger partial charge in [0.1, 0.15) is 6.04 Å². The minimum absolute atomic E-state index is 0.0561. The molecule has 0 aromatic heterocycles. The summed E-state index contributed by atoms with van der Waals surface area (Å²) in [5, 5.41) is 23.3. The third-order valence-electron chi connectivity index (χ3n) is 6.47. The molecule has 4 unspecified atom stereocenters. The summed E-state index contributed by atoms with van der Waals surface area (Å²) in [5.74, 6) is -1.30. The Hall–Kier alpha value is -2.62. The van der Waals surface area contributed by atoms with Gasteiger partial charge >= 0.3 is 12.0 Å². The lowest BCUT2D eigenvalue weighted by Gasteiger charge is -2.17. The lowest BCUT2D eigenvalue weighted by atomic mass is 10.0. The molecule has 0 aromatic carbocycles. The van der Waals surface area contributed by atoms with Gasteiger partial charge in [0.25, 0.3) is 0 Å². The number of thioether (sulfide) groups is 1. The van der Waals surface area contributed by atoms with Crippen LogP contribution in [-0.2, 0) is 33.4 Å². The van der Waals surface area contributed by atoms with E-state index >= 15 is 0 Å². The SMILES string of the molecule is CC(=O)NCCCOCCOCCOCCCNC(=O)CC(NC(=O)CCCCC1SCC2NC(=O)NC21)C(=O)O. The highest BCUT2D eigenvalue weighted by Crippen LogP contribution is 2.33. The number of fused-ring (bicyclic) bond motifs is 1. The van der Waals surface area contributed by atoms with Crippen molar-refractivity contribution in [3.05, 3.63) is 0 Å². The summed E-state index contributed by atoms with van der Waals surface area (Å²) in [7, 11) is 0. The number of carbonyl (C=O) groups excluding carboxylic acids is 4. The van der Waals surface area contributed by atoms with E-state index in [1.807, 2.05) is 11.8 Å². The maximum Gasteiger partial charge on any atom is 0.326 e. The third-order valence-corrected chi connectivity index (χ3v) is 7.98. The molecule has 5 amide bonds. The number of nitrogens with one attached hydrogen (secondary N) is 5. The van der Waals surface area contributed by atoms with E-state index in [4.69, 9.17) is 14.2 Å². The van der Waals surface area contributed by atoms with Gasteiger partial charge in [-0.25, -0.2) is 9.59 Å². The molecule has 0 spiro atoms. The van der Waals surface area contributed by atoms with Crippen LogP contribution in [-0.4, -0.2) is 117 Å². The molecule has 2 aliphatic rings. The first-order chi connectivity index (χ1) is 19.8. The average Bonchev–Trinajstić information content (AvgIpc) is 3.47. The van der Waals surface area contributed by atoms with E-state index in [0.717, 1.165) is 25.0 Å². The molecule has 2 saturated heterocycles. The predicted molar refractivity (Wildman–Crippen MR) is 152 cm³/mol. The Morgan fingerprint density at radius 2 is 1.54 bits per heavy atom. The normalized spacial score (nSPS) is 20.0. The molecule has 0 bridgehead atoms. The molecule has 0 aromatic rings. The molecule has 2 rings (SSSR count). The lowest BCUT2D eigenvalue weighted by Crippen LogP contribution is -2.44. The number of unbranched alkanes of at least 4 members (excludes halogenated alkanes) is 1. The van der Waals surface area contributed by atoms with E-state index in [1.165, 1.54) is 6.92 Å². The Labute approximate surface area is 245 Å². The minimum Gasteiger partial charge on any atom is -0.480 e. The Bertz CT molecular complexity index is 850.